The first-order chi connectivity index (χ1) is 18.7. The third-order valence-corrected chi connectivity index (χ3v) is 8.50. The van der Waals surface area contributed by atoms with Crippen molar-refractivity contribution < 1.29 is 13.6 Å². The zero-order valence-electron chi connectivity index (χ0n) is 21.3. The lowest BCUT2D eigenvalue weighted by Gasteiger charge is -2.49. The van der Waals surface area contributed by atoms with Gasteiger partial charge in [-0.25, -0.2) is 13.8 Å². The maximum Gasteiger partial charge on any atom is 0.258 e. The molecule has 1 aromatic heterocycles. The number of H-pyrrole nitrogens is 1. The van der Waals surface area contributed by atoms with Crippen molar-refractivity contribution in [1.82, 2.24) is 24.7 Å². The van der Waals surface area contributed by atoms with Gasteiger partial charge in [0, 0.05) is 48.8 Å². The first-order valence-electron chi connectivity index (χ1n) is 13.0. The van der Waals surface area contributed by atoms with E-state index in [1.165, 1.54) is 6.07 Å². The Labute approximate surface area is 233 Å². The highest BCUT2D eigenvalue weighted by molar-refractivity contribution is 6.35. The second kappa shape index (κ2) is 10.3. The van der Waals surface area contributed by atoms with Gasteiger partial charge in [-0.05, 0) is 48.7 Å². The van der Waals surface area contributed by atoms with Gasteiger partial charge in [-0.3, -0.25) is 19.4 Å². The molecule has 2 saturated heterocycles. The van der Waals surface area contributed by atoms with Crippen molar-refractivity contribution in [2.75, 3.05) is 44.6 Å². The minimum atomic E-state index is -0.728. The summed E-state index contributed by atoms with van der Waals surface area (Å²) in [5.74, 6) is -0.368. The highest BCUT2D eigenvalue weighted by Gasteiger charge is 2.39. The smallest absolute Gasteiger partial charge is 0.258 e. The second-order valence-electron chi connectivity index (χ2n) is 10.6. The average Bonchev–Trinajstić information content (AvgIpc) is 2.83. The van der Waals surface area contributed by atoms with Crippen molar-refractivity contribution >= 4 is 45.7 Å². The molecule has 0 aliphatic carbocycles. The molecule has 0 radical (unpaired) electrons. The van der Waals surface area contributed by atoms with E-state index in [-0.39, 0.29) is 29.6 Å². The summed E-state index contributed by atoms with van der Waals surface area (Å²) >= 11 is 12.6. The van der Waals surface area contributed by atoms with Gasteiger partial charge in [-0.15, -0.1) is 0 Å². The van der Waals surface area contributed by atoms with Crippen LogP contribution >= 0.6 is 23.2 Å². The first-order valence-corrected chi connectivity index (χ1v) is 13.8. The van der Waals surface area contributed by atoms with E-state index < -0.39 is 17.5 Å². The van der Waals surface area contributed by atoms with E-state index in [0.29, 0.717) is 60.0 Å². The molecule has 0 bridgehead atoms. The Balaban J connectivity index is 1.13. The Morgan fingerprint density at radius 1 is 1.18 bits per heavy atom. The fourth-order valence-corrected chi connectivity index (χ4v) is 6.50. The lowest BCUT2D eigenvalue weighted by molar-refractivity contribution is -0.131. The number of hydrogen-bond donors (Lipinski definition) is 2. The van der Waals surface area contributed by atoms with Crippen molar-refractivity contribution in [3.05, 3.63) is 67.4 Å². The van der Waals surface area contributed by atoms with E-state index in [0.717, 1.165) is 30.3 Å². The summed E-state index contributed by atoms with van der Waals surface area (Å²) in [4.78, 5) is 39.0. The summed E-state index contributed by atoms with van der Waals surface area (Å²) in [6.07, 6.45) is -0.105. The number of hydrogen-bond acceptors (Lipinski definition) is 6. The standard InChI is InChI=1S/C27H28Cl2F2N6O2/c1-14-26-15(4-16(28)5-20(26)29)2-3-37(14)25(38)8-32-23-7-22-19(6-21(23)31)27(39)34-24(33-22)13-35-11-18(12-35)36-9-17(30)10-36/h4-7,14,17-18,32H,2-3,8-13H2,1H3,(H,33,34,39). The highest BCUT2D eigenvalue weighted by atomic mass is 35.5. The van der Waals surface area contributed by atoms with E-state index in [1.807, 2.05) is 13.0 Å². The zero-order chi connectivity index (χ0) is 27.4. The number of aromatic amines is 1. The van der Waals surface area contributed by atoms with Gasteiger partial charge in [-0.1, -0.05) is 23.2 Å². The van der Waals surface area contributed by atoms with E-state index in [2.05, 4.69) is 25.1 Å². The van der Waals surface area contributed by atoms with E-state index in [1.54, 1.807) is 11.0 Å². The third-order valence-electron chi connectivity index (χ3n) is 7.97. The monoisotopic (exact) mass is 576 g/mol. The normalized spacial score (nSPS) is 20.5. The average molecular weight is 577 g/mol. The van der Waals surface area contributed by atoms with Gasteiger partial charge in [0.25, 0.3) is 5.56 Å². The molecule has 2 fully saturated rings. The Hall–Kier alpha value is -2.79. The number of likely N-dealkylation sites (tertiary alicyclic amines) is 2. The topological polar surface area (TPSA) is 84.6 Å². The number of anilines is 1. The summed E-state index contributed by atoms with van der Waals surface area (Å²) in [5, 5.41) is 4.11. The SMILES string of the molecule is CC1c2c(Cl)cc(Cl)cc2CCN1C(=O)CNc1cc2nc(CN3CC(N4CC(F)C4)C3)[nH]c(=O)c2cc1F. The van der Waals surface area contributed by atoms with Gasteiger partial charge in [0.2, 0.25) is 5.91 Å². The highest BCUT2D eigenvalue weighted by Crippen LogP contribution is 2.37. The second-order valence-corrected chi connectivity index (χ2v) is 11.4. The predicted molar refractivity (Wildman–Crippen MR) is 147 cm³/mol. The number of fused-ring (bicyclic) bond motifs is 2. The molecule has 12 heteroatoms. The van der Waals surface area contributed by atoms with Crippen LogP contribution in [0.1, 0.15) is 29.9 Å². The summed E-state index contributed by atoms with van der Waals surface area (Å²) in [6, 6.07) is 6.23. The number of rotatable bonds is 6. The van der Waals surface area contributed by atoms with Crippen LogP contribution < -0.4 is 10.9 Å². The van der Waals surface area contributed by atoms with Crippen molar-refractivity contribution in [3.8, 4) is 0 Å². The maximum absolute atomic E-state index is 14.9. The fraction of sp³-hybridized carbons (Fsp3) is 0.444. The van der Waals surface area contributed by atoms with Gasteiger partial charge in [0.05, 0.1) is 35.7 Å². The van der Waals surface area contributed by atoms with E-state index in [4.69, 9.17) is 23.2 Å². The summed E-state index contributed by atoms with van der Waals surface area (Å²) in [7, 11) is 0. The molecule has 3 aliphatic heterocycles. The number of nitrogens with one attached hydrogen (secondary N) is 2. The van der Waals surface area contributed by atoms with Gasteiger partial charge >= 0.3 is 0 Å². The molecule has 39 heavy (non-hydrogen) atoms. The van der Waals surface area contributed by atoms with Crippen LogP contribution in [0.4, 0.5) is 14.5 Å². The summed E-state index contributed by atoms with van der Waals surface area (Å²) < 4.78 is 28.0. The van der Waals surface area contributed by atoms with Crippen LogP contribution in [0.25, 0.3) is 10.9 Å². The summed E-state index contributed by atoms with van der Waals surface area (Å²) in [5.41, 5.74) is 1.91. The third kappa shape index (κ3) is 5.11. The van der Waals surface area contributed by atoms with E-state index in [9.17, 15) is 18.4 Å². The Kier molecular flexibility index (Phi) is 6.99. The Morgan fingerprint density at radius 3 is 2.69 bits per heavy atom. The van der Waals surface area contributed by atoms with Crippen molar-refractivity contribution in [1.29, 1.82) is 0 Å². The molecule has 2 aromatic carbocycles. The lowest BCUT2D eigenvalue weighted by Crippen LogP contribution is -2.65. The van der Waals surface area contributed by atoms with Gasteiger partial charge < -0.3 is 15.2 Å². The van der Waals surface area contributed by atoms with Crippen LogP contribution in [-0.4, -0.2) is 82.1 Å². The van der Waals surface area contributed by atoms with Crippen LogP contribution in [0.3, 0.4) is 0 Å². The number of nitrogens with zero attached hydrogens (tertiary/aromatic N) is 4. The molecule has 3 aliphatic rings. The lowest BCUT2D eigenvalue weighted by atomic mass is 9.93. The molecule has 4 heterocycles. The van der Waals surface area contributed by atoms with Crippen LogP contribution in [0, 0.1) is 5.82 Å². The largest absolute Gasteiger partial charge is 0.374 e. The predicted octanol–water partition coefficient (Wildman–Crippen LogP) is 3.76. The number of alkyl halides is 1. The molecule has 0 spiro atoms. The van der Waals surface area contributed by atoms with E-state index >= 15 is 0 Å². The Morgan fingerprint density at radius 2 is 1.95 bits per heavy atom. The van der Waals surface area contributed by atoms with Gasteiger partial charge in [0.1, 0.15) is 17.8 Å². The molecule has 1 amide bonds. The van der Waals surface area contributed by atoms with Crippen molar-refractivity contribution in [2.45, 2.75) is 38.1 Å². The van der Waals surface area contributed by atoms with Crippen LogP contribution in [0.2, 0.25) is 10.0 Å². The van der Waals surface area contributed by atoms with Gasteiger partial charge in [0.15, 0.2) is 0 Å². The Bertz CT molecular complexity index is 1510. The van der Waals surface area contributed by atoms with Crippen LogP contribution in [0.15, 0.2) is 29.1 Å². The number of halogens is 4. The maximum atomic E-state index is 14.9. The molecule has 2 N–H and O–H groups in total. The minimum Gasteiger partial charge on any atom is -0.374 e. The molecule has 206 valence electrons. The molecule has 8 nitrogen and oxygen atoms in total. The first kappa shape index (κ1) is 26.4. The number of amides is 1. The molecular formula is C27H28Cl2F2N6O2. The molecule has 3 aromatic rings. The van der Waals surface area contributed by atoms with Crippen molar-refractivity contribution in [3.63, 3.8) is 0 Å². The van der Waals surface area contributed by atoms with Crippen LogP contribution in [-0.2, 0) is 17.8 Å². The fourth-order valence-electron chi connectivity index (χ4n) is 5.80. The number of aromatic nitrogens is 2. The molecule has 1 unspecified atom stereocenters. The minimum absolute atomic E-state index is 0.0948. The number of carbonyl (C=O) groups is 1. The molecule has 0 saturated carbocycles. The number of carbonyl (C=O) groups excluding carboxylic acids is 1. The van der Waals surface area contributed by atoms with Gasteiger partial charge in [-0.2, -0.15) is 0 Å². The molecule has 1 atom stereocenters. The summed E-state index contributed by atoms with van der Waals surface area (Å²) in [6.45, 7) is 5.25. The van der Waals surface area contributed by atoms with Crippen molar-refractivity contribution in [2.24, 2.45) is 0 Å². The number of benzene rings is 2. The molecular weight excluding hydrogens is 549 g/mol. The zero-order valence-corrected chi connectivity index (χ0v) is 22.8. The van der Waals surface area contributed by atoms with Crippen LogP contribution in [0.5, 0.6) is 0 Å². The quantitative estimate of drug-likeness (QED) is 0.465. The molecule has 6 rings (SSSR count).